The van der Waals surface area contributed by atoms with Crippen LogP contribution >= 0.6 is 0 Å². The topological polar surface area (TPSA) is 12.0 Å². The van der Waals surface area contributed by atoms with Gasteiger partial charge in [-0.1, -0.05) is 107 Å². The molecule has 3 aromatic carbocycles. The molecule has 2 unspecified atom stereocenters. The van der Waals surface area contributed by atoms with Gasteiger partial charge in [-0.05, 0) is 109 Å². The second kappa shape index (κ2) is 19.5. The Hall–Kier alpha value is -3.65. The first-order chi connectivity index (χ1) is 20.5. The molecular formula is C41H56FN. The first-order valence-corrected chi connectivity index (χ1v) is 15.7. The quantitative estimate of drug-likeness (QED) is 0.274. The number of hydrogen-bond donors (Lipinski definition) is 1. The Morgan fingerprint density at radius 2 is 1.44 bits per heavy atom. The van der Waals surface area contributed by atoms with Gasteiger partial charge in [0.2, 0.25) is 0 Å². The van der Waals surface area contributed by atoms with Gasteiger partial charge in [0.25, 0.3) is 0 Å². The smallest absolute Gasteiger partial charge is 0.127 e. The molecule has 0 radical (unpaired) electrons. The molecule has 0 aliphatic heterocycles. The summed E-state index contributed by atoms with van der Waals surface area (Å²) in [5.41, 5.74) is 10.7. The van der Waals surface area contributed by atoms with Crippen molar-refractivity contribution in [3.8, 4) is 0 Å². The van der Waals surface area contributed by atoms with Gasteiger partial charge < -0.3 is 5.32 Å². The SMILES string of the molecule is C=CC.C=CC(c1c(C)cc(C2=CC=CC2C)cc1F)C(C)C.CCc1ccc(CC)cc1.CNc1cc(C)ccc1C. The Bertz CT molecular complexity index is 1290. The number of allylic oxidation sites excluding steroid dienone is 6. The number of aryl methyl sites for hydroxylation is 5. The van der Waals surface area contributed by atoms with Crippen LogP contribution in [0.2, 0.25) is 0 Å². The van der Waals surface area contributed by atoms with E-state index in [1.54, 1.807) is 12.1 Å². The maximum absolute atomic E-state index is 14.6. The van der Waals surface area contributed by atoms with Crippen LogP contribution in [0.25, 0.3) is 5.57 Å². The van der Waals surface area contributed by atoms with Crippen molar-refractivity contribution in [2.75, 3.05) is 12.4 Å². The summed E-state index contributed by atoms with van der Waals surface area (Å²) >= 11 is 0. The second-order valence-electron chi connectivity index (χ2n) is 11.5. The Morgan fingerprint density at radius 1 is 0.884 bits per heavy atom. The van der Waals surface area contributed by atoms with Crippen molar-refractivity contribution in [1.29, 1.82) is 0 Å². The van der Waals surface area contributed by atoms with Crippen LogP contribution in [0.4, 0.5) is 10.1 Å². The molecular weight excluding hydrogens is 525 g/mol. The molecule has 0 saturated heterocycles. The molecule has 3 aromatic rings. The predicted molar refractivity (Wildman–Crippen MR) is 192 cm³/mol. The molecule has 1 aliphatic rings. The van der Waals surface area contributed by atoms with Crippen LogP contribution in [-0.2, 0) is 12.8 Å². The maximum Gasteiger partial charge on any atom is 0.127 e. The van der Waals surface area contributed by atoms with Crippen molar-refractivity contribution < 1.29 is 4.39 Å². The highest BCUT2D eigenvalue weighted by molar-refractivity contribution is 5.73. The molecule has 1 N–H and O–H groups in total. The van der Waals surface area contributed by atoms with E-state index in [1.165, 1.54) is 33.5 Å². The van der Waals surface area contributed by atoms with E-state index in [0.717, 1.165) is 29.5 Å². The van der Waals surface area contributed by atoms with Crippen molar-refractivity contribution in [1.82, 2.24) is 0 Å². The van der Waals surface area contributed by atoms with E-state index in [4.69, 9.17) is 0 Å². The monoisotopic (exact) mass is 581 g/mol. The lowest BCUT2D eigenvalue weighted by Gasteiger charge is -2.21. The third kappa shape index (κ3) is 11.9. The first-order valence-electron chi connectivity index (χ1n) is 15.7. The summed E-state index contributed by atoms with van der Waals surface area (Å²) in [7, 11) is 1.95. The predicted octanol–water partition coefficient (Wildman–Crippen LogP) is 12.0. The lowest BCUT2D eigenvalue weighted by Crippen LogP contribution is -2.09. The van der Waals surface area contributed by atoms with Crippen LogP contribution in [0.1, 0.15) is 86.4 Å². The van der Waals surface area contributed by atoms with E-state index in [0.29, 0.717) is 11.8 Å². The average molecular weight is 582 g/mol. The summed E-state index contributed by atoms with van der Waals surface area (Å²) in [6.07, 6.45) is 12.1. The van der Waals surface area contributed by atoms with Gasteiger partial charge in [-0.2, -0.15) is 0 Å². The molecule has 0 fully saturated rings. The highest BCUT2D eigenvalue weighted by Gasteiger charge is 2.21. The number of anilines is 1. The molecule has 1 nitrogen and oxygen atoms in total. The molecule has 0 spiro atoms. The minimum atomic E-state index is -0.112. The van der Waals surface area contributed by atoms with Crippen molar-refractivity contribution in [2.45, 2.75) is 81.1 Å². The summed E-state index contributed by atoms with van der Waals surface area (Å²) in [5.74, 6) is 0.661. The molecule has 0 aromatic heterocycles. The zero-order valence-electron chi connectivity index (χ0n) is 28.5. The van der Waals surface area contributed by atoms with Crippen LogP contribution in [0.3, 0.4) is 0 Å². The highest BCUT2D eigenvalue weighted by atomic mass is 19.1. The minimum Gasteiger partial charge on any atom is -0.388 e. The molecule has 43 heavy (non-hydrogen) atoms. The molecule has 2 heteroatoms. The van der Waals surface area contributed by atoms with Crippen LogP contribution < -0.4 is 5.32 Å². The Kier molecular flexibility index (Phi) is 17.0. The number of halogens is 1. The van der Waals surface area contributed by atoms with Crippen LogP contribution in [0, 0.1) is 38.4 Å². The van der Waals surface area contributed by atoms with Crippen molar-refractivity contribution in [3.63, 3.8) is 0 Å². The van der Waals surface area contributed by atoms with Gasteiger partial charge in [-0.15, -0.1) is 13.2 Å². The van der Waals surface area contributed by atoms with E-state index in [-0.39, 0.29) is 11.7 Å². The second-order valence-corrected chi connectivity index (χ2v) is 11.5. The molecule has 2 atom stereocenters. The fraction of sp³-hybridized carbons (Fsp3) is 0.366. The molecule has 0 heterocycles. The summed E-state index contributed by atoms with van der Waals surface area (Å²) in [5, 5.41) is 3.14. The molecule has 0 bridgehead atoms. The van der Waals surface area contributed by atoms with Crippen LogP contribution in [0.5, 0.6) is 0 Å². The number of benzene rings is 3. The van der Waals surface area contributed by atoms with Crippen molar-refractivity contribution in [2.24, 2.45) is 11.8 Å². The van der Waals surface area contributed by atoms with Crippen molar-refractivity contribution >= 4 is 11.3 Å². The molecule has 1 aliphatic carbocycles. The van der Waals surface area contributed by atoms with Gasteiger partial charge in [0, 0.05) is 18.7 Å². The lowest BCUT2D eigenvalue weighted by atomic mass is 9.84. The third-order valence-corrected chi connectivity index (χ3v) is 7.64. The zero-order chi connectivity index (χ0) is 32.5. The van der Waals surface area contributed by atoms with E-state index in [2.05, 4.69) is 128 Å². The summed E-state index contributed by atoms with van der Waals surface area (Å²) in [4.78, 5) is 0. The van der Waals surface area contributed by atoms with E-state index < -0.39 is 0 Å². The largest absolute Gasteiger partial charge is 0.388 e. The molecule has 232 valence electrons. The summed E-state index contributed by atoms with van der Waals surface area (Å²) in [6.45, 7) is 26.0. The minimum absolute atomic E-state index is 0.0668. The Labute approximate surface area is 263 Å². The Balaban J connectivity index is 0.000000337. The van der Waals surface area contributed by atoms with Crippen molar-refractivity contribution in [3.05, 3.63) is 143 Å². The van der Waals surface area contributed by atoms with E-state index in [9.17, 15) is 4.39 Å². The lowest BCUT2D eigenvalue weighted by molar-refractivity contribution is 0.531. The standard InChI is InChI=1S/C19H23F.C10H14.C9H13N.C3H6/c1-6-16(12(2)3)19-14(5)10-15(11-18(19)20)17-9-7-8-13(17)4;1-3-9-5-7-10(4-2)8-6-9;1-7-4-5-8(2)9(6-7)10-3;1-3-2/h6-13,16H,1H2,2-5H3;5-8H,3-4H2,1-2H3;4-6,10H,1-3H3;3H,1H2,2H3. The van der Waals surface area contributed by atoms with E-state index >= 15 is 0 Å². The van der Waals surface area contributed by atoms with Gasteiger partial charge in [-0.25, -0.2) is 4.39 Å². The highest BCUT2D eigenvalue weighted by Crippen LogP contribution is 2.35. The number of rotatable bonds is 7. The Morgan fingerprint density at radius 3 is 1.81 bits per heavy atom. The number of hydrogen-bond acceptors (Lipinski definition) is 1. The van der Waals surface area contributed by atoms with Gasteiger partial charge >= 0.3 is 0 Å². The number of nitrogens with one attached hydrogen (secondary N) is 1. The van der Waals surface area contributed by atoms with Crippen LogP contribution in [-0.4, -0.2) is 7.05 Å². The van der Waals surface area contributed by atoms with Gasteiger partial charge in [0.05, 0.1) is 0 Å². The first kappa shape index (κ1) is 37.4. The van der Waals surface area contributed by atoms with Gasteiger partial charge in [0.15, 0.2) is 0 Å². The fourth-order valence-corrected chi connectivity index (χ4v) is 5.02. The zero-order valence-corrected chi connectivity index (χ0v) is 28.5. The summed E-state index contributed by atoms with van der Waals surface area (Å²) < 4.78 is 14.6. The van der Waals surface area contributed by atoms with Crippen LogP contribution in [0.15, 0.2) is 98.1 Å². The normalized spacial score (nSPS) is 13.8. The van der Waals surface area contributed by atoms with E-state index in [1.807, 2.05) is 33.0 Å². The maximum atomic E-state index is 14.6. The fourth-order valence-electron chi connectivity index (χ4n) is 5.02. The summed E-state index contributed by atoms with van der Waals surface area (Å²) in [6, 6.07) is 19.0. The van der Waals surface area contributed by atoms with Gasteiger partial charge in [0.1, 0.15) is 5.82 Å². The average Bonchev–Trinajstić information content (AvgIpc) is 3.42. The molecule has 0 saturated carbocycles. The van der Waals surface area contributed by atoms with Gasteiger partial charge in [-0.3, -0.25) is 0 Å². The molecule has 4 rings (SSSR count). The third-order valence-electron chi connectivity index (χ3n) is 7.64. The molecule has 0 amide bonds.